The Labute approximate surface area is 34.4 Å². The molecule has 0 bridgehead atoms. The van der Waals surface area contributed by atoms with Crippen LogP contribution < -0.4 is 0 Å². The van der Waals surface area contributed by atoms with E-state index in [-0.39, 0.29) is 0 Å². The average molecular weight is 86.2 g/mol. The first-order valence-electron chi connectivity index (χ1n) is 1.53. The van der Waals surface area contributed by atoms with Crippen LogP contribution in [0, 0.1) is 12.0 Å². The van der Waals surface area contributed by atoms with Crippen molar-refractivity contribution in [2.24, 2.45) is 0 Å². The van der Waals surface area contributed by atoms with Gasteiger partial charge in [-0.05, 0) is 6.04 Å². The van der Waals surface area contributed by atoms with Crippen molar-refractivity contribution in [3.63, 3.8) is 0 Å². The number of aliphatic hydroxyl groups excluding tert-OH is 1. The van der Waals surface area contributed by atoms with E-state index >= 15 is 0 Å². The van der Waals surface area contributed by atoms with Crippen LogP contribution in [-0.4, -0.2) is 15.3 Å². The fraction of sp³-hybridized carbons (Fsp3) is 0.333. The standard InChI is InChI=1S/C3H6OSi/c4-2-1-3-5/h4H,3H2,5H3. The van der Waals surface area contributed by atoms with Crippen molar-refractivity contribution in [1.82, 2.24) is 0 Å². The molecule has 0 fully saturated rings. The molecule has 0 aliphatic heterocycles. The van der Waals surface area contributed by atoms with Crippen molar-refractivity contribution in [1.29, 1.82) is 0 Å². The van der Waals surface area contributed by atoms with Gasteiger partial charge in [-0.15, -0.1) is 0 Å². The summed E-state index contributed by atoms with van der Waals surface area (Å²) in [5.74, 6) is 2.48. The predicted molar refractivity (Wildman–Crippen MR) is 24.5 cm³/mol. The van der Waals surface area contributed by atoms with Crippen molar-refractivity contribution >= 4 is 10.2 Å². The molecule has 0 radical (unpaired) electrons. The van der Waals surface area contributed by atoms with Crippen molar-refractivity contribution < 1.29 is 5.11 Å². The minimum absolute atomic E-state index is 0.872. The molecule has 0 atom stereocenters. The molecule has 5 heavy (non-hydrogen) atoms. The second-order valence-electron chi connectivity index (χ2n) is 0.642. The van der Waals surface area contributed by atoms with Gasteiger partial charge < -0.3 is 5.11 Å². The Hall–Kier alpha value is -0.423. The van der Waals surface area contributed by atoms with Crippen LogP contribution in [-0.2, 0) is 0 Å². The van der Waals surface area contributed by atoms with Crippen molar-refractivity contribution in [3.05, 3.63) is 0 Å². The Kier molecular flexibility index (Phi) is 3.27. The molecule has 0 heterocycles. The number of hydrogen-bond acceptors (Lipinski definition) is 1. The largest absolute Gasteiger partial charge is 0.462 e. The van der Waals surface area contributed by atoms with Crippen molar-refractivity contribution in [2.45, 2.75) is 6.04 Å². The first-order valence-corrected chi connectivity index (χ1v) is 2.95. The van der Waals surface area contributed by atoms with Gasteiger partial charge in [-0.3, -0.25) is 0 Å². The monoisotopic (exact) mass is 86.0 g/mol. The molecule has 0 aromatic carbocycles. The normalized spacial score (nSPS) is 5.60. The van der Waals surface area contributed by atoms with Gasteiger partial charge in [-0.2, -0.15) is 0 Å². The first-order chi connectivity index (χ1) is 2.41. The van der Waals surface area contributed by atoms with Gasteiger partial charge in [-0.25, -0.2) is 0 Å². The topological polar surface area (TPSA) is 20.2 Å². The summed E-state index contributed by atoms with van der Waals surface area (Å²) in [4.78, 5) is 0. The number of rotatable bonds is 0. The molecule has 0 saturated carbocycles. The lowest BCUT2D eigenvalue weighted by atomic mass is 10.8. The SMILES string of the molecule is OC#CC[SiH3]. The molecule has 1 nitrogen and oxygen atoms in total. The molecular weight excluding hydrogens is 80.1 g/mol. The van der Waals surface area contributed by atoms with Gasteiger partial charge >= 0.3 is 0 Å². The molecule has 0 unspecified atom stereocenters. The molecule has 0 aliphatic carbocycles. The Morgan fingerprint density at radius 3 is 2.40 bits per heavy atom. The zero-order valence-electron chi connectivity index (χ0n) is 3.15. The van der Waals surface area contributed by atoms with E-state index in [1.54, 1.807) is 6.11 Å². The number of hydrogen-bond donors (Lipinski definition) is 1. The van der Waals surface area contributed by atoms with Crippen LogP contribution in [0.3, 0.4) is 0 Å². The van der Waals surface area contributed by atoms with Gasteiger partial charge in [0.15, 0.2) is 0 Å². The third-order valence-electron chi connectivity index (χ3n) is 0.256. The molecule has 0 rings (SSSR count). The third kappa shape index (κ3) is 3.58. The maximum atomic E-state index is 7.73. The van der Waals surface area contributed by atoms with Crippen LogP contribution in [0.15, 0.2) is 0 Å². The van der Waals surface area contributed by atoms with Gasteiger partial charge in [0.05, 0.1) is 0 Å². The van der Waals surface area contributed by atoms with E-state index in [1.165, 1.54) is 0 Å². The highest BCUT2D eigenvalue weighted by Crippen LogP contribution is 1.55. The Morgan fingerprint density at radius 2 is 2.40 bits per heavy atom. The summed E-state index contributed by atoms with van der Waals surface area (Å²) in [6.07, 6.45) is 1.80. The minimum Gasteiger partial charge on any atom is -0.462 e. The summed E-state index contributed by atoms with van der Waals surface area (Å²) in [7, 11) is 1.07. The second kappa shape index (κ2) is 3.58. The average Bonchev–Trinajstić information content (AvgIpc) is 1.41. The van der Waals surface area contributed by atoms with Gasteiger partial charge in [0, 0.05) is 10.2 Å². The van der Waals surface area contributed by atoms with E-state index in [0.717, 1.165) is 16.3 Å². The second-order valence-corrected chi connectivity index (χ2v) is 1.35. The van der Waals surface area contributed by atoms with Gasteiger partial charge in [0.25, 0.3) is 0 Å². The van der Waals surface area contributed by atoms with Crippen LogP contribution in [0.4, 0.5) is 0 Å². The Balaban J connectivity index is 2.81. The van der Waals surface area contributed by atoms with Crippen molar-refractivity contribution in [3.8, 4) is 12.0 Å². The van der Waals surface area contributed by atoms with Crippen LogP contribution >= 0.6 is 0 Å². The van der Waals surface area contributed by atoms with E-state index in [9.17, 15) is 0 Å². The van der Waals surface area contributed by atoms with E-state index < -0.39 is 0 Å². The van der Waals surface area contributed by atoms with E-state index in [1.807, 2.05) is 0 Å². The maximum absolute atomic E-state index is 7.73. The highest BCUT2D eigenvalue weighted by molar-refractivity contribution is 6.10. The summed E-state index contributed by atoms with van der Waals surface area (Å²) >= 11 is 0. The molecule has 0 spiro atoms. The Morgan fingerprint density at radius 1 is 1.80 bits per heavy atom. The first kappa shape index (κ1) is 4.58. The van der Waals surface area contributed by atoms with Crippen LogP contribution in [0.2, 0.25) is 6.04 Å². The smallest absolute Gasteiger partial charge is 0.107 e. The summed E-state index contributed by atoms with van der Waals surface area (Å²) in [5.41, 5.74) is 0. The quantitative estimate of drug-likeness (QED) is 0.299. The minimum atomic E-state index is 0.872. The van der Waals surface area contributed by atoms with Gasteiger partial charge in [-0.1, -0.05) is 5.92 Å². The molecule has 0 aliphatic rings. The lowest BCUT2D eigenvalue weighted by Crippen LogP contribution is -1.55. The highest BCUT2D eigenvalue weighted by Gasteiger charge is 1.51. The maximum Gasteiger partial charge on any atom is 0.107 e. The van der Waals surface area contributed by atoms with Crippen molar-refractivity contribution in [2.75, 3.05) is 0 Å². The lowest BCUT2D eigenvalue weighted by Gasteiger charge is -1.57. The summed E-state index contributed by atoms with van der Waals surface area (Å²) < 4.78 is 0. The van der Waals surface area contributed by atoms with Gasteiger partial charge in [0.2, 0.25) is 0 Å². The van der Waals surface area contributed by atoms with Crippen LogP contribution in [0.1, 0.15) is 0 Å². The highest BCUT2D eigenvalue weighted by atomic mass is 28.1. The zero-order chi connectivity index (χ0) is 4.12. The molecule has 0 saturated heterocycles. The van der Waals surface area contributed by atoms with E-state index in [4.69, 9.17) is 5.11 Å². The molecule has 0 aromatic rings. The zero-order valence-corrected chi connectivity index (χ0v) is 5.15. The molecule has 28 valence electrons. The third-order valence-corrected chi connectivity index (χ3v) is 0.609. The van der Waals surface area contributed by atoms with Gasteiger partial charge in [0.1, 0.15) is 6.11 Å². The molecule has 0 aromatic heterocycles. The molecule has 1 N–H and O–H groups in total. The van der Waals surface area contributed by atoms with E-state index in [0.29, 0.717) is 0 Å². The lowest BCUT2D eigenvalue weighted by molar-refractivity contribution is 0.517. The summed E-state index contributed by atoms with van der Waals surface area (Å²) in [5, 5.41) is 7.73. The molecular formula is C3H6OSi. The fourth-order valence-electron chi connectivity index (χ4n) is 0.0791. The molecule has 0 amide bonds. The van der Waals surface area contributed by atoms with E-state index in [2.05, 4.69) is 5.92 Å². The summed E-state index contributed by atoms with van der Waals surface area (Å²) in [6.45, 7) is 0. The Bertz CT molecular complexity index is 59.0. The predicted octanol–water partition coefficient (Wildman–Crippen LogP) is -0.897. The summed E-state index contributed by atoms with van der Waals surface area (Å²) in [6, 6.07) is 0.872. The van der Waals surface area contributed by atoms with Crippen LogP contribution in [0.25, 0.3) is 0 Å². The number of aliphatic hydroxyl groups is 1. The molecule has 2 heteroatoms. The van der Waals surface area contributed by atoms with Crippen LogP contribution in [0.5, 0.6) is 0 Å². The fourth-order valence-corrected chi connectivity index (χ4v) is 0.237.